The van der Waals surface area contributed by atoms with E-state index in [1.165, 1.54) is 5.56 Å². The molecule has 2 fully saturated rings. The molecule has 0 bridgehead atoms. The largest absolute Gasteiger partial charge is 0.340 e. The zero-order valence-electron chi connectivity index (χ0n) is 18.0. The molecular weight excluding hydrogens is 386 g/mol. The van der Waals surface area contributed by atoms with Gasteiger partial charge in [-0.25, -0.2) is 0 Å². The standard InChI is InChI=1S/C26H31N3O2/c30-25(12-11-22-7-3-1-4-8-22)28-15-13-24(14-16-28)26(31)29-19-17-27(18-20-29)21-23-9-5-2-6-10-23/h1-12,24H,13-21H2. The van der Waals surface area contributed by atoms with Gasteiger partial charge in [0.05, 0.1) is 0 Å². The van der Waals surface area contributed by atoms with E-state index in [9.17, 15) is 9.59 Å². The first kappa shape index (κ1) is 21.3. The smallest absolute Gasteiger partial charge is 0.246 e. The summed E-state index contributed by atoms with van der Waals surface area (Å²) in [4.78, 5) is 31.8. The second kappa shape index (κ2) is 10.4. The van der Waals surface area contributed by atoms with Crippen LogP contribution in [0.3, 0.4) is 0 Å². The van der Waals surface area contributed by atoms with Crippen LogP contribution in [0.1, 0.15) is 24.0 Å². The maximum atomic E-state index is 13.0. The monoisotopic (exact) mass is 417 g/mol. The number of amides is 2. The van der Waals surface area contributed by atoms with E-state index in [2.05, 4.69) is 29.2 Å². The predicted octanol–water partition coefficient (Wildman–Crippen LogP) is 3.28. The van der Waals surface area contributed by atoms with E-state index in [1.54, 1.807) is 6.08 Å². The average molecular weight is 418 g/mol. The summed E-state index contributed by atoms with van der Waals surface area (Å²) in [6.45, 7) is 5.68. The Bertz CT molecular complexity index is 881. The second-order valence-corrected chi connectivity index (χ2v) is 8.43. The van der Waals surface area contributed by atoms with E-state index >= 15 is 0 Å². The predicted molar refractivity (Wildman–Crippen MR) is 123 cm³/mol. The van der Waals surface area contributed by atoms with Gasteiger partial charge in [0, 0.05) is 57.8 Å². The molecular formula is C26H31N3O2. The van der Waals surface area contributed by atoms with Crippen molar-refractivity contribution in [1.82, 2.24) is 14.7 Å². The third-order valence-electron chi connectivity index (χ3n) is 6.31. The summed E-state index contributed by atoms with van der Waals surface area (Å²) in [6, 6.07) is 20.3. The molecule has 2 aromatic carbocycles. The van der Waals surface area contributed by atoms with Gasteiger partial charge in [0.15, 0.2) is 0 Å². The molecule has 0 unspecified atom stereocenters. The van der Waals surface area contributed by atoms with E-state index in [-0.39, 0.29) is 17.7 Å². The lowest BCUT2D eigenvalue weighted by molar-refractivity contribution is -0.141. The Balaban J connectivity index is 1.21. The molecule has 0 saturated carbocycles. The topological polar surface area (TPSA) is 43.9 Å². The Morgan fingerprint density at radius 2 is 1.39 bits per heavy atom. The fraction of sp³-hybridized carbons (Fsp3) is 0.385. The first-order valence-corrected chi connectivity index (χ1v) is 11.3. The number of carbonyl (C=O) groups is 2. The SMILES string of the molecule is O=C(C=Cc1ccccc1)N1CCC(C(=O)N2CCN(Cc3ccccc3)CC2)CC1. The van der Waals surface area contributed by atoms with Crippen molar-refractivity contribution in [2.75, 3.05) is 39.3 Å². The van der Waals surface area contributed by atoms with Crippen LogP contribution in [-0.2, 0) is 16.1 Å². The zero-order chi connectivity index (χ0) is 21.5. The molecule has 0 atom stereocenters. The highest BCUT2D eigenvalue weighted by Crippen LogP contribution is 2.21. The number of hydrogen-bond donors (Lipinski definition) is 0. The van der Waals surface area contributed by atoms with Gasteiger partial charge in [-0.1, -0.05) is 60.7 Å². The van der Waals surface area contributed by atoms with Crippen LogP contribution in [0.25, 0.3) is 6.08 Å². The lowest BCUT2D eigenvalue weighted by Gasteiger charge is -2.38. The molecule has 2 aliphatic rings. The van der Waals surface area contributed by atoms with E-state index in [1.807, 2.05) is 52.3 Å². The van der Waals surface area contributed by atoms with Crippen LogP contribution in [0.2, 0.25) is 0 Å². The Kier molecular flexibility index (Phi) is 7.15. The highest BCUT2D eigenvalue weighted by Gasteiger charge is 2.31. The number of nitrogens with zero attached hydrogens (tertiary/aromatic N) is 3. The first-order chi connectivity index (χ1) is 15.2. The van der Waals surface area contributed by atoms with Gasteiger partial charge in [0.25, 0.3) is 0 Å². The van der Waals surface area contributed by atoms with Crippen molar-refractivity contribution in [2.45, 2.75) is 19.4 Å². The minimum atomic E-state index is 0.0317. The van der Waals surface area contributed by atoms with E-state index in [0.29, 0.717) is 13.1 Å². The molecule has 2 aliphatic heterocycles. The van der Waals surface area contributed by atoms with Gasteiger partial charge in [0.2, 0.25) is 11.8 Å². The Morgan fingerprint density at radius 1 is 0.774 bits per heavy atom. The number of carbonyl (C=O) groups excluding carboxylic acids is 2. The van der Waals surface area contributed by atoms with Crippen molar-refractivity contribution in [3.05, 3.63) is 77.9 Å². The molecule has 0 spiro atoms. The fourth-order valence-electron chi connectivity index (χ4n) is 4.41. The second-order valence-electron chi connectivity index (χ2n) is 8.43. The summed E-state index contributed by atoms with van der Waals surface area (Å²) in [7, 11) is 0. The number of hydrogen-bond acceptors (Lipinski definition) is 3. The minimum absolute atomic E-state index is 0.0317. The molecule has 162 valence electrons. The van der Waals surface area contributed by atoms with Crippen molar-refractivity contribution >= 4 is 17.9 Å². The van der Waals surface area contributed by atoms with Crippen LogP contribution >= 0.6 is 0 Å². The maximum absolute atomic E-state index is 13.0. The maximum Gasteiger partial charge on any atom is 0.246 e. The Hall–Kier alpha value is -2.92. The summed E-state index contributed by atoms with van der Waals surface area (Å²) in [5.41, 5.74) is 2.34. The summed E-state index contributed by atoms with van der Waals surface area (Å²) in [6.07, 6.45) is 5.01. The molecule has 5 nitrogen and oxygen atoms in total. The Morgan fingerprint density at radius 3 is 2.03 bits per heavy atom. The fourth-order valence-corrected chi connectivity index (χ4v) is 4.41. The molecule has 0 radical (unpaired) electrons. The summed E-state index contributed by atoms with van der Waals surface area (Å²) >= 11 is 0. The van der Waals surface area contributed by atoms with Crippen LogP contribution in [0.5, 0.6) is 0 Å². The van der Waals surface area contributed by atoms with Gasteiger partial charge in [-0.05, 0) is 30.0 Å². The van der Waals surface area contributed by atoms with E-state index in [0.717, 1.165) is 51.1 Å². The third kappa shape index (κ3) is 5.82. The molecule has 5 heteroatoms. The van der Waals surface area contributed by atoms with Gasteiger partial charge in [0.1, 0.15) is 0 Å². The van der Waals surface area contributed by atoms with Crippen LogP contribution in [0, 0.1) is 5.92 Å². The molecule has 31 heavy (non-hydrogen) atoms. The number of benzene rings is 2. The zero-order valence-corrected chi connectivity index (χ0v) is 18.0. The summed E-state index contributed by atoms with van der Waals surface area (Å²) in [5.74, 6) is 0.346. The van der Waals surface area contributed by atoms with Gasteiger partial charge < -0.3 is 9.80 Å². The molecule has 2 saturated heterocycles. The van der Waals surface area contributed by atoms with Crippen molar-refractivity contribution in [3.63, 3.8) is 0 Å². The highest BCUT2D eigenvalue weighted by molar-refractivity contribution is 5.92. The number of piperidine rings is 1. The molecule has 2 aromatic rings. The van der Waals surface area contributed by atoms with Gasteiger partial charge >= 0.3 is 0 Å². The third-order valence-corrected chi connectivity index (χ3v) is 6.31. The Labute approximate surface area is 184 Å². The van der Waals surface area contributed by atoms with Gasteiger partial charge in [-0.3, -0.25) is 14.5 Å². The van der Waals surface area contributed by atoms with Crippen LogP contribution in [0.15, 0.2) is 66.7 Å². The quantitative estimate of drug-likeness (QED) is 0.702. The molecule has 2 amide bonds. The number of piperazine rings is 1. The van der Waals surface area contributed by atoms with Gasteiger partial charge in [-0.2, -0.15) is 0 Å². The van der Waals surface area contributed by atoms with E-state index in [4.69, 9.17) is 0 Å². The van der Waals surface area contributed by atoms with Crippen LogP contribution in [-0.4, -0.2) is 65.8 Å². The minimum Gasteiger partial charge on any atom is -0.340 e. The highest BCUT2D eigenvalue weighted by atomic mass is 16.2. The molecule has 0 aliphatic carbocycles. The van der Waals surface area contributed by atoms with Gasteiger partial charge in [-0.15, -0.1) is 0 Å². The lowest BCUT2D eigenvalue weighted by Crippen LogP contribution is -2.51. The van der Waals surface area contributed by atoms with Crippen molar-refractivity contribution < 1.29 is 9.59 Å². The van der Waals surface area contributed by atoms with Crippen molar-refractivity contribution in [2.24, 2.45) is 5.92 Å². The first-order valence-electron chi connectivity index (χ1n) is 11.3. The average Bonchev–Trinajstić information content (AvgIpc) is 2.84. The normalized spacial score (nSPS) is 18.5. The number of rotatable bonds is 5. The molecule has 4 rings (SSSR count). The molecule has 2 heterocycles. The summed E-state index contributed by atoms with van der Waals surface area (Å²) in [5, 5.41) is 0. The van der Waals surface area contributed by atoms with Crippen LogP contribution < -0.4 is 0 Å². The molecule has 0 N–H and O–H groups in total. The molecule has 0 aromatic heterocycles. The lowest BCUT2D eigenvalue weighted by atomic mass is 9.95. The van der Waals surface area contributed by atoms with Crippen molar-refractivity contribution in [3.8, 4) is 0 Å². The van der Waals surface area contributed by atoms with E-state index < -0.39 is 0 Å². The van der Waals surface area contributed by atoms with Crippen LogP contribution in [0.4, 0.5) is 0 Å². The number of likely N-dealkylation sites (tertiary alicyclic amines) is 1. The van der Waals surface area contributed by atoms with Crippen molar-refractivity contribution in [1.29, 1.82) is 0 Å². The summed E-state index contributed by atoms with van der Waals surface area (Å²) < 4.78 is 0.